The first-order chi connectivity index (χ1) is 10.6. The third-order valence-electron chi connectivity index (χ3n) is 4.42. The molecule has 120 valence electrons. The average molecular weight is 322 g/mol. The minimum absolute atomic E-state index is 0.222. The van der Waals surface area contributed by atoms with Crippen LogP contribution in [-0.2, 0) is 21.6 Å². The summed E-state index contributed by atoms with van der Waals surface area (Å²) in [5, 5.41) is 0. The lowest BCUT2D eigenvalue weighted by molar-refractivity contribution is -0.138. The molecule has 0 atom stereocenters. The Morgan fingerprint density at radius 3 is 3.00 bits per heavy atom. The zero-order valence-electron chi connectivity index (χ0n) is 12.9. The van der Waals surface area contributed by atoms with Gasteiger partial charge in [0.05, 0.1) is 18.1 Å². The zero-order chi connectivity index (χ0) is 15.6. The van der Waals surface area contributed by atoms with Gasteiger partial charge in [0, 0.05) is 19.3 Å². The van der Waals surface area contributed by atoms with Crippen molar-refractivity contribution < 1.29 is 9.53 Å². The van der Waals surface area contributed by atoms with Crippen molar-refractivity contribution in [2.75, 3.05) is 36.9 Å². The van der Waals surface area contributed by atoms with Crippen LogP contribution >= 0.6 is 11.8 Å². The molecule has 1 saturated heterocycles. The van der Waals surface area contributed by atoms with E-state index in [9.17, 15) is 4.79 Å². The van der Waals surface area contributed by atoms with E-state index in [1.54, 1.807) is 11.8 Å². The quantitative estimate of drug-likeness (QED) is 0.900. The van der Waals surface area contributed by atoms with Crippen LogP contribution in [0.15, 0.2) is 6.20 Å². The molecule has 3 heterocycles. The first-order valence-electron chi connectivity index (χ1n) is 7.76. The van der Waals surface area contributed by atoms with Gasteiger partial charge in [-0.05, 0) is 30.6 Å². The Morgan fingerprint density at radius 1 is 1.50 bits per heavy atom. The summed E-state index contributed by atoms with van der Waals surface area (Å²) in [5.41, 5.74) is 7.43. The number of aromatic nitrogens is 2. The second kappa shape index (κ2) is 6.42. The van der Waals surface area contributed by atoms with Gasteiger partial charge in [0.2, 0.25) is 11.9 Å². The molecule has 1 aromatic heterocycles. The van der Waals surface area contributed by atoms with Gasteiger partial charge in [0.25, 0.3) is 0 Å². The van der Waals surface area contributed by atoms with Crippen LogP contribution in [0.1, 0.15) is 31.0 Å². The first kappa shape index (κ1) is 15.6. The molecule has 0 radical (unpaired) electrons. The fourth-order valence-electron chi connectivity index (χ4n) is 3.20. The van der Waals surface area contributed by atoms with Crippen LogP contribution in [-0.4, -0.2) is 52.0 Å². The SMILES string of the molecule is CCSCC(=O)N1CCC2(CC1)OCCc1cnc(N)nc12. The lowest BCUT2D eigenvalue weighted by atomic mass is 9.83. The Balaban J connectivity index is 1.73. The molecule has 7 heteroatoms. The van der Waals surface area contributed by atoms with Gasteiger partial charge in [-0.15, -0.1) is 0 Å². The smallest absolute Gasteiger partial charge is 0.232 e. The number of nitrogens with zero attached hydrogens (tertiary/aromatic N) is 3. The first-order valence-corrected chi connectivity index (χ1v) is 8.91. The van der Waals surface area contributed by atoms with E-state index in [0.29, 0.717) is 31.4 Å². The Hall–Kier alpha value is -1.34. The number of fused-ring (bicyclic) bond motifs is 2. The molecule has 0 aromatic carbocycles. The second-order valence-corrected chi connectivity index (χ2v) is 6.99. The van der Waals surface area contributed by atoms with Crippen LogP contribution < -0.4 is 5.73 Å². The highest BCUT2D eigenvalue weighted by Gasteiger charge is 2.43. The number of anilines is 1. The third-order valence-corrected chi connectivity index (χ3v) is 5.28. The molecule has 1 aromatic rings. The molecule has 0 saturated carbocycles. The number of piperidine rings is 1. The standard InChI is InChI=1S/C15H22N4O2S/c1-2-22-10-12(20)19-6-4-15(5-7-19)13-11(3-8-21-15)9-17-14(16)18-13/h9H,2-8,10H2,1H3,(H2,16,17,18). The number of nitrogens with two attached hydrogens (primary N) is 1. The fraction of sp³-hybridized carbons (Fsp3) is 0.667. The van der Waals surface area contributed by atoms with E-state index in [2.05, 4.69) is 16.9 Å². The van der Waals surface area contributed by atoms with E-state index in [1.807, 2.05) is 11.1 Å². The maximum atomic E-state index is 12.1. The molecule has 2 aliphatic heterocycles. The van der Waals surface area contributed by atoms with Crippen molar-refractivity contribution in [2.24, 2.45) is 0 Å². The average Bonchev–Trinajstić information content (AvgIpc) is 2.54. The lowest BCUT2D eigenvalue weighted by Gasteiger charge is -2.44. The van der Waals surface area contributed by atoms with Crippen molar-refractivity contribution in [1.82, 2.24) is 14.9 Å². The monoisotopic (exact) mass is 322 g/mol. The van der Waals surface area contributed by atoms with Crippen LogP contribution in [0, 0.1) is 0 Å². The Bertz CT molecular complexity index is 558. The van der Waals surface area contributed by atoms with Crippen LogP contribution in [0.3, 0.4) is 0 Å². The summed E-state index contributed by atoms with van der Waals surface area (Å²) < 4.78 is 6.11. The highest BCUT2D eigenvalue weighted by Crippen LogP contribution is 2.40. The summed E-state index contributed by atoms with van der Waals surface area (Å²) in [4.78, 5) is 22.6. The largest absolute Gasteiger partial charge is 0.368 e. The van der Waals surface area contributed by atoms with Gasteiger partial charge in [-0.25, -0.2) is 9.97 Å². The van der Waals surface area contributed by atoms with Crippen molar-refractivity contribution in [3.8, 4) is 0 Å². The van der Waals surface area contributed by atoms with Crippen LogP contribution in [0.4, 0.5) is 5.95 Å². The molecule has 22 heavy (non-hydrogen) atoms. The molecule has 0 aliphatic carbocycles. The highest BCUT2D eigenvalue weighted by molar-refractivity contribution is 7.99. The molecule has 1 spiro atoms. The second-order valence-electron chi connectivity index (χ2n) is 5.71. The van der Waals surface area contributed by atoms with E-state index in [1.165, 1.54) is 0 Å². The highest BCUT2D eigenvalue weighted by atomic mass is 32.2. The number of hydrogen-bond donors (Lipinski definition) is 1. The Labute approximate surface area is 134 Å². The molecule has 2 aliphatic rings. The molecular weight excluding hydrogens is 300 g/mol. The molecule has 0 bridgehead atoms. The van der Waals surface area contributed by atoms with Crippen molar-refractivity contribution >= 4 is 23.6 Å². The molecule has 0 unspecified atom stereocenters. The molecule has 2 N–H and O–H groups in total. The summed E-state index contributed by atoms with van der Waals surface area (Å²) in [6.07, 6.45) is 4.20. The summed E-state index contributed by atoms with van der Waals surface area (Å²) in [5.74, 6) is 2.05. The van der Waals surface area contributed by atoms with E-state index < -0.39 is 0 Å². The number of hydrogen-bond acceptors (Lipinski definition) is 6. The fourth-order valence-corrected chi connectivity index (χ4v) is 3.76. The van der Waals surface area contributed by atoms with E-state index in [4.69, 9.17) is 10.5 Å². The maximum absolute atomic E-state index is 12.1. The number of thioether (sulfide) groups is 1. The van der Waals surface area contributed by atoms with Crippen molar-refractivity contribution in [3.63, 3.8) is 0 Å². The normalized spacial score (nSPS) is 20.0. The zero-order valence-corrected chi connectivity index (χ0v) is 13.7. The van der Waals surface area contributed by atoms with Crippen LogP contribution in [0.2, 0.25) is 0 Å². The third kappa shape index (κ3) is 2.92. The molecule has 6 nitrogen and oxygen atoms in total. The van der Waals surface area contributed by atoms with Gasteiger partial charge in [-0.1, -0.05) is 6.92 Å². The predicted octanol–water partition coefficient (Wildman–Crippen LogP) is 1.20. The summed E-state index contributed by atoms with van der Waals surface area (Å²) in [6.45, 7) is 4.18. The molecule has 3 rings (SSSR count). The van der Waals surface area contributed by atoms with Crippen molar-refractivity contribution in [2.45, 2.75) is 31.8 Å². The molecule has 1 fully saturated rings. The summed E-state index contributed by atoms with van der Waals surface area (Å²) in [7, 11) is 0. The number of likely N-dealkylation sites (tertiary alicyclic amines) is 1. The molecule has 1 amide bonds. The van der Waals surface area contributed by atoms with E-state index >= 15 is 0 Å². The minimum Gasteiger partial charge on any atom is -0.368 e. The number of nitrogen functional groups attached to an aromatic ring is 1. The van der Waals surface area contributed by atoms with Crippen LogP contribution in [0.5, 0.6) is 0 Å². The van der Waals surface area contributed by atoms with E-state index in [-0.39, 0.29) is 11.5 Å². The van der Waals surface area contributed by atoms with Crippen molar-refractivity contribution in [1.29, 1.82) is 0 Å². The van der Waals surface area contributed by atoms with Gasteiger partial charge in [0.15, 0.2) is 0 Å². The van der Waals surface area contributed by atoms with Crippen LogP contribution in [0.25, 0.3) is 0 Å². The van der Waals surface area contributed by atoms with Crippen molar-refractivity contribution in [3.05, 3.63) is 17.5 Å². The van der Waals surface area contributed by atoms with Gasteiger partial charge in [-0.3, -0.25) is 4.79 Å². The van der Waals surface area contributed by atoms with Gasteiger partial charge >= 0.3 is 0 Å². The number of carbonyl (C=O) groups is 1. The summed E-state index contributed by atoms with van der Waals surface area (Å²) in [6, 6.07) is 0. The van der Waals surface area contributed by atoms with E-state index in [0.717, 1.165) is 36.3 Å². The maximum Gasteiger partial charge on any atom is 0.232 e. The molecular formula is C15H22N4O2S. The van der Waals surface area contributed by atoms with Gasteiger partial charge < -0.3 is 15.4 Å². The summed E-state index contributed by atoms with van der Waals surface area (Å²) >= 11 is 1.67. The number of rotatable bonds is 3. The predicted molar refractivity (Wildman–Crippen MR) is 86.6 cm³/mol. The lowest BCUT2D eigenvalue weighted by Crippen LogP contribution is -2.49. The Kier molecular flexibility index (Phi) is 4.54. The number of carbonyl (C=O) groups excluding carboxylic acids is 1. The number of ether oxygens (including phenoxy) is 1. The van der Waals surface area contributed by atoms with Gasteiger partial charge in [-0.2, -0.15) is 11.8 Å². The minimum atomic E-state index is -0.390. The Morgan fingerprint density at radius 2 is 2.27 bits per heavy atom. The topological polar surface area (TPSA) is 81.3 Å². The number of amides is 1. The van der Waals surface area contributed by atoms with Gasteiger partial charge in [0.1, 0.15) is 5.60 Å².